The van der Waals surface area contributed by atoms with Gasteiger partial charge < -0.3 is 15.3 Å². The van der Waals surface area contributed by atoms with Crippen LogP contribution in [0, 0.1) is 17.2 Å². The Kier molecular flexibility index (Phi) is 6.68. The number of aliphatic hydroxyl groups is 1. The summed E-state index contributed by atoms with van der Waals surface area (Å²) >= 11 is 0. The molecule has 0 fully saturated rings. The first-order valence-corrected chi connectivity index (χ1v) is 10.3. The number of nitrogens with zero attached hydrogens (tertiary/aromatic N) is 4. The van der Waals surface area contributed by atoms with Crippen LogP contribution in [0.1, 0.15) is 49.0 Å². The normalized spacial score (nSPS) is 14.6. The second-order valence-electron chi connectivity index (χ2n) is 8.51. The van der Waals surface area contributed by atoms with Gasteiger partial charge in [0.1, 0.15) is 5.82 Å². The van der Waals surface area contributed by atoms with E-state index in [1.807, 2.05) is 51.2 Å². The smallest absolute Gasteiger partial charge is 0.318 e. The molecular formula is C23H29N5O2. The lowest BCUT2D eigenvalue weighted by atomic mass is 9.86. The molecule has 7 heteroatoms. The average Bonchev–Trinajstić information content (AvgIpc) is 2.77. The number of rotatable bonds is 6. The molecule has 1 aliphatic rings. The first-order valence-electron chi connectivity index (χ1n) is 10.3. The van der Waals surface area contributed by atoms with Crippen molar-refractivity contribution in [3.05, 3.63) is 58.7 Å². The molecule has 0 spiro atoms. The fraction of sp³-hybridized carbons (Fsp3) is 0.478. The number of hydrogen-bond donors (Lipinski definition) is 2. The molecule has 1 aromatic heterocycles. The van der Waals surface area contributed by atoms with Gasteiger partial charge in [-0.15, -0.1) is 0 Å². The van der Waals surface area contributed by atoms with Gasteiger partial charge in [-0.2, -0.15) is 5.26 Å². The van der Waals surface area contributed by atoms with E-state index in [9.17, 15) is 15.2 Å². The molecule has 0 bridgehead atoms. The molecule has 2 aromatic rings. The molecular weight excluding hydrogens is 378 g/mol. The van der Waals surface area contributed by atoms with Crippen molar-refractivity contribution in [3.8, 4) is 6.07 Å². The predicted molar refractivity (Wildman–Crippen MR) is 113 cm³/mol. The molecule has 1 atom stereocenters. The minimum atomic E-state index is -0.529. The highest BCUT2D eigenvalue weighted by atomic mass is 16.3. The minimum absolute atomic E-state index is 0.101. The summed E-state index contributed by atoms with van der Waals surface area (Å²) in [6.07, 6.45) is 3.20. The van der Waals surface area contributed by atoms with Crippen LogP contribution in [0.2, 0.25) is 0 Å². The monoisotopic (exact) mass is 407 g/mol. The van der Waals surface area contributed by atoms with E-state index in [0.29, 0.717) is 31.9 Å². The number of aromatic nitrogens is 2. The minimum Gasteiger partial charge on any atom is -0.396 e. The maximum Gasteiger partial charge on any atom is 0.318 e. The first-order chi connectivity index (χ1) is 14.3. The van der Waals surface area contributed by atoms with Crippen molar-refractivity contribution in [3.63, 3.8) is 0 Å². The SMILES string of the molecule is C[C@@H](CO)Cc1ncc2c(n1)CN(C(=O)NCc1ccc(C(C)(C)C#N)cc1)CC2. The van der Waals surface area contributed by atoms with Gasteiger partial charge >= 0.3 is 6.03 Å². The molecule has 1 aliphatic heterocycles. The summed E-state index contributed by atoms with van der Waals surface area (Å²) in [6, 6.07) is 9.95. The van der Waals surface area contributed by atoms with Gasteiger partial charge in [-0.1, -0.05) is 31.2 Å². The second kappa shape index (κ2) is 9.23. The lowest BCUT2D eigenvalue weighted by molar-refractivity contribution is 0.190. The molecule has 3 rings (SSSR count). The number of hydrogen-bond acceptors (Lipinski definition) is 5. The predicted octanol–water partition coefficient (Wildman–Crippen LogP) is 2.72. The van der Waals surface area contributed by atoms with Crippen LogP contribution >= 0.6 is 0 Å². The molecule has 0 saturated heterocycles. The third-order valence-corrected chi connectivity index (χ3v) is 5.52. The van der Waals surface area contributed by atoms with Crippen LogP contribution in [0.3, 0.4) is 0 Å². The van der Waals surface area contributed by atoms with Crippen LogP contribution in [-0.2, 0) is 31.3 Å². The number of urea groups is 1. The maximum atomic E-state index is 12.7. The van der Waals surface area contributed by atoms with E-state index < -0.39 is 5.41 Å². The number of carbonyl (C=O) groups is 1. The summed E-state index contributed by atoms with van der Waals surface area (Å²) in [5, 5.41) is 21.5. The van der Waals surface area contributed by atoms with E-state index in [1.165, 1.54) is 0 Å². The Morgan fingerprint density at radius 1 is 1.37 bits per heavy atom. The van der Waals surface area contributed by atoms with Gasteiger partial charge in [-0.05, 0) is 42.9 Å². The van der Waals surface area contributed by atoms with E-state index >= 15 is 0 Å². The molecule has 7 nitrogen and oxygen atoms in total. The second-order valence-corrected chi connectivity index (χ2v) is 8.51. The van der Waals surface area contributed by atoms with Crippen LogP contribution in [-0.4, -0.2) is 39.2 Å². The topological polar surface area (TPSA) is 102 Å². The van der Waals surface area contributed by atoms with Gasteiger partial charge in [-0.3, -0.25) is 0 Å². The Hall–Kier alpha value is -2.98. The Morgan fingerprint density at radius 2 is 2.10 bits per heavy atom. The van der Waals surface area contributed by atoms with Gasteiger partial charge in [0.05, 0.1) is 23.7 Å². The third kappa shape index (κ3) is 5.14. The third-order valence-electron chi connectivity index (χ3n) is 5.52. The number of carbonyl (C=O) groups excluding carboxylic acids is 1. The van der Waals surface area contributed by atoms with Crippen molar-refractivity contribution in [2.24, 2.45) is 5.92 Å². The summed E-state index contributed by atoms with van der Waals surface area (Å²) in [4.78, 5) is 23.4. The summed E-state index contributed by atoms with van der Waals surface area (Å²) < 4.78 is 0. The summed E-state index contributed by atoms with van der Waals surface area (Å²) in [7, 11) is 0. The molecule has 0 radical (unpaired) electrons. The number of fused-ring (bicyclic) bond motifs is 1. The first kappa shape index (κ1) is 21.7. The molecule has 30 heavy (non-hydrogen) atoms. The van der Waals surface area contributed by atoms with Gasteiger partial charge in [0.2, 0.25) is 0 Å². The van der Waals surface area contributed by atoms with E-state index in [0.717, 1.165) is 28.8 Å². The number of benzene rings is 1. The molecule has 0 aliphatic carbocycles. The molecule has 0 unspecified atom stereocenters. The highest BCUT2D eigenvalue weighted by Gasteiger charge is 2.23. The molecule has 2 N–H and O–H groups in total. The van der Waals surface area contributed by atoms with E-state index in [1.54, 1.807) is 4.90 Å². The van der Waals surface area contributed by atoms with Gasteiger partial charge in [0.15, 0.2) is 0 Å². The molecule has 2 heterocycles. The van der Waals surface area contributed by atoms with Crippen molar-refractivity contribution in [2.45, 2.75) is 52.1 Å². The average molecular weight is 408 g/mol. The molecule has 2 amide bonds. The van der Waals surface area contributed by atoms with Crippen molar-refractivity contribution >= 4 is 6.03 Å². The quantitative estimate of drug-likeness (QED) is 0.767. The van der Waals surface area contributed by atoms with E-state index in [2.05, 4.69) is 21.4 Å². The van der Waals surface area contributed by atoms with Crippen LogP contribution in [0.4, 0.5) is 4.79 Å². The molecule has 0 saturated carbocycles. The van der Waals surface area contributed by atoms with Gasteiger partial charge in [0.25, 0.3) is 0 Å². The Morgan fingerprint density at radius 3 is 2.77 bits per heavy atom. The highest BCUT2D eigenvalue weighted by molar-refractivity contribution is 5.74. The zero-order chi connectivity index (χ0) is 21.7. The van der Waals surface area contributed by atoms with Crippen LogP contribution < -0.4 is 5.32 Å². The lowest BCUT2D eigenvalue weighted by Gasteiger charge is -2.28. The molecule has 1 aromatic carbocycles. The summed E-state index contributed by atoms with van der Waals surface area (Å²) in [6.45, 7) is 7.34. The number of nitriles is 1. The maximum absolute atomic E-state index is 12.7. The lowest BCUT2D eigenvalue weighted by Crippen LogP contribution is -2.42. The van der Waals surface area contributed by atoms with Gasteiger partial charge in [-0.25, -0.2) is 14.8 Å². The van der Waals surface area contributed by atoms with Crippen molar-refractivity contribution in [1.29, 1.82) is 5.26 Å². The van der Waals surface area contributed by atoms with E-state index in [-0.39, 0.29) is 18.6 Å². The number of amides is 2. The summed E-state index contributed by atoms with van der Waals surface area (Å²) in [5.74, 6) is 0.814. The Balaban J connectivity index is 1.58. The fourth-order valence-electron chi connectivity index (χ4n) is 3.39. The van der Waals surface area contributed by atoms with Crippen molar-refractivity contribution in [2.75, 3.05) is 13.2 Å². The largest absolute Gasteiger partial charge is 0.396 e. The fourth-order valence-corrected chi connectivity index (χ4v) is 3.39. The van der Waals surface area contributed by atoms with E-state index in [4.69, 9.17) is 0 Å². The Labute approximate surface area is 177 Å². The van der Waals surface area contributed by atoms with Crippen molar-refractivity contribution in [1.82, 2.24) is 20.2 Å². The highest BCUT2D eigenvalue weighted by Crippen LogP contribution is 2.22. The van der Waals surface area contributed by atoms with Crippen molar-refractivity contribution < 1.29 is 9.90 Å². The zero-order valence-electron chi connectivity index (χ0n) is 17.9. The van der Waals surface area contributed by atoms with Crippen LogP contribution in [0.5, 0.6) is 0 Å². The summed E-state index contributed by atoms with van der Waals surface area (Å²) in [5.41, 5.74) is 3.38. The van der Waals surface area contributed by atoms with Crippen LogP contribution in [0.15, 0.2) is 30.5 Å². The number of aliphatic hydroxyl groups excluding tert-OH is 1. The van der Waals surface area contributed by atoms with Crippen LogP contribution in [0.25, 0.3) is 0 Å². The number of nitrogens with one attached hydrogen (secondary N) is 1. The molecule has 158 valence electrons. The zero-order valence-corrected chi connectivity index (χ0v) is 17.9. The standard InChI is InChI=1S/C23H29N5O2/c1-16(14-29)10-21-25-12-18-8-9-28(13-20(18)27-21)22(30)26-11-17-4-6-19(7-5-17)23(2,3)15-24/h4-7,12,16,29H,8-11,13-14H2,1-3H3,(H,26,30)/t16-/m1/s1. The Bertz CT molecular complexity index is 934. The van der Waals surface area contributed by atoms with Gasteiger partial charge in [0, 0.05) is 32.3 Å².